The van der Waals surface area contributed by atoms with Gasteiger partial charge in [0.15, 0.2) is 5.82 Å². The Balaban J connectivity index is 2.98. The van der Waals surface area contributed by atoms with E-state index in [1.165, 1.54) is 11.0 Å². The van der Waals surface area contributed by atoms with E-state index < -0.39 is 0 Å². The Morgan fingerprint density at radius 2 is 2.00 bits per heavy atom. The zero-order valence-corrected chi connectivity index (χ0v) is 11.9. The molecule has 0 aliphatic carbocycles. The van der Waals surface area contributed by atoms with Gasteiger partial charge in [0.2, 0.25) is 5.91 Å². The van der Waals surface area contributed by atoms with Crippen LogP contribution in [0, 0.1) is 0 Å². The molecule has 0 unspecified atom stereocenters. The van der Waals surface area contributed by atoms with Crippen LogP contribution in [-0.4, -0.2) is 43.5 Å². The van der Waals surface area contributed by atoms with Gasteiger partial charge in [0, 0.05) is 21.1 Å². The van der Waals surface area contributed by atoms with E-state index in [2.05, 4.69) is 10.4 Å². The monoisotopic (exact) mass is 291 g/mol. The quantitative estimate of drug-likeness (QED) is 0.644. The molecule has 1 aromatic heterocycles. The number of nitrogen functional groups attached to an aromatic ring is 1. The number of carbonyl (C=O) groups excluding carboxylic acids is 1. The molecule has 0 radical (unpaired) electrons. The molecule has 1 rings (SSSR count). The molecule has 0 aliphatic heterocycles. The second-order valence-corrected chi connectivity index (χ2v) is 4.73. The van der Waals surface area contributed by atoms with Gasteiger partial charge in [-0.25, -0.2) is 10.8 Å². The highest BCUT2D eigenvalue weighted by Crippen LogP contribution is 2.30. The summed E-state index contributed by atoms with van der Waals surface area (Å²) in [6, 6.07) is 1.53. The number of rotatable bonds is 4. The molecule has 1 aromatic rings. The third-order valence-electron chi connectivity index (χ3n) is 2.28. The summed E-state index contributed by atoms with van der Waals surface area (Å²) in [5, 5.41) is 0.673. The Kier molecular flexibility index (Phi) is 5.01. The lowest BCUT2D eigenvalue weighted by atomic mass is 10.4. The number of hydrazine groups is 1. The van der Waals surface area contributed by atoms with Crippen molar-refractivity contribution in [3.8, 4) is 0 Å². The molecular formula is C10H15Cl2N5O. The van der Waals surface area contributed by atoms with Crippen molar-refractivity contribution in [1.29, 1.82) is 0 Å². The van der Waals surface area contributed by atoms with Gasteiger partial charge in [-0.2, -0.15) is 0 Å². The molecule has 3 N–H and O–H groups in total. The summed E-state index contributed by atoms with van der Waals surface area (Å²) in [7, 11) is 5.07. The highest BCUT2D eigenvalue weighted by molar-refractivity contribution is 6.37. The smallest absolute Gasteiger partial charge is 0.241 e. The molecule has 0 aromatic carbocycles. The highest BCUT2D eigenvalue weighted by atomic mass is 35.5. The van der Waals surface area contributed by atoms with Gasteiger partial charge in [-0.3, -0.25) is 4.79 Å². The van der Waals surface area contributed by atoms with Crippen molar-refractivity contribution in [1.82, 2.24) is 9.88 Å². The standard InChI is InChI=1S/C10H15Cl2N5O/c1-16(2)8(18)5-17(3)10-7(12)4-6(11)9(14-10)15-13/h4H,5,13H2,1-3H3,(H,14,15). The lowest BCUT2D eigenvalue weighted by Crippen LogP contribution is -2.35. The van der Waals surface area contributed by atoms with Crippen molar-refractivity contribution < 1.29 is 4.79 Å². The number of carbonyl (C=O) groups is 1. The first-order valence-electron chi connectivity index (χ1n) is 5.10. The number of nitrogens with two attached hydrogens (primary N) is 1. The fourth-order valence-corrected chi connectivity index (χ4v) is 1.80. The summed E-state index contributed by atoms with van der Waals surface area (Å²) in [5.74, 6) is 5.96. The second kappa shape index (κ2) is 6.08. The number of hydrogen-bond donors (Lipinski definition) is 2. The fraction of sp³-hybridized carbons (Fsp3) is 0.400. The molecular weight excluding hydrogens is 277 g/mol. The Morgan fingerprint density at radius 1 is 1.39 bits per heavy atom. The summed E-state index contributed by atoms with van der Waals surface area (Å²) in [5.41, 5.74) is 2.37. The van der Waals surface area contributed by atoms with Gasteiger partial charge in [0.1, 0.15) is 5.82 Å². The van der Waals surface area contributed by atoms with Crippen LogP contribution in [0.15, 0.2) is 6.07 Å². The number of nitrogens with one attached hydrogen (secondary N) is 1. The Hall–Kier alpha value is -1.24. The molecule has 0 saturated carbocycles. The minimum absolute atomic E-state index is 0.0624. The van der Waals surface area contributed by atoms with Gasteiger partial charge in [0.25, 0.3) is 0 Å². The first kappa shape index (κ1) is 14.8. The van der Waals surface area contributed by atoms with Gasteiger partial charge in [-0.15, -0.1) is 0 Å². The molecule has 8 heteroatoms. The third-order valence-corrected chi connectivity index (χ3v) is 2.85. The Morgan fingerprint density at radius 3 is 2.50 bits per heavy atom. The SMILES string of the molecule is CN(C)C(=O)CN(C)c1nc(NN)c(Cl)cc1Cl. The topological polar surface area (TPSA) is 74.5 Å². The lowest BCUT2D eigenvalue weighted by Gasteiger charge is -2.21. The summed E-state index contributed by atoms with van der Waals surface area (Å²) < 4.78 is 0. The number of anilines is 2. The van der Waals surface area contributed by atoms with Gasteiger partial charge >= 0.3 is 0 Å². The van der Waals surface area contributed by atoms with Crippen molar-refractivity contribution in [2.45, 2.75) is 0 Å². The van der Waals surface area contributed by atoms with Gasteiger partial charge in [-0.1, -0.05) is 23.2 Å². The van der Waals surface area contributed by atoms with Crippen LogP contribution in [-0.2, 0) is 4.79 Å². The van der Waals surface area contributed by atoms with Crippen LogP contribution in [0.2, 0.25) is 10.0 Å². The zero-order valence-electron chi connectivity index (χ0n) is 10.4. The summed E-state index contributed by atoms with van der Waals surface area (Å²) in [6.45, 7) is 0.158. The van der Waals surface area contributed by atoms with Crippen molar-refractivity contribution in [2.24, 2.45) is 5.84 Å². The van der Waals surface area contributed by atoms with E-state index in [1.54, 1.807) is 26.0 Å². The maximum Gasteiger partial charge on any atom is 0.241 e. The molecule has 6 nitrogen and oxygen atoms in total. The molecule has 0 spiro atoms. The molecule has 0 atom stereocenters. The van der Waals surface area contributed by atoms with Gasteiger partial charge in [-0.05, 0) is 6.07 Å². The number of likely N-dealkylation sites (N-methyl/N-ethyl adjacent to an activating group) is 2. The average molecular weight is 292 g/mol. The number of hydrogen-bond acceptors (Lipinski definition) is 5. The summed E-state index contributed by atoms with van der Waals surface area (Å²) >= 11 is 11.9. The average Bonchev–Trinajstić information content (AvgIpc) is 2.28. The molecule has 0 aliphatic rings. The van der Waals surface area contributed by atoms with Crippen LogP contribution in [0.5, 0.6) is 0 Å². The van der Waals surface area contributed by atoms with E-state index in [4.69, 9.17) is 29.0 Å². The predicted octanol–water partition coefficient (Wildman–Crippen LogP) is 1.20. The maximum atomic E-state index is 11.6. The molecule has 1 amide bonds. The van der Waals surface area contributed by atoms with E-state index in [1.807, 2.05) is 0 Å². The summed E-state index contributed by atoms with van der Waals surface area (Å²) in [4.78, 5) is 18.9. The van der Waals surface area contributed by atoms with E-state index in [-0.39, 0.29) is 12.5 Å². The molecule has 18 heavy (non-hydrogen) atoms. The Labute approximate surface area is 116 Å². The lowest BCUT2D eigenvalue weighted by molar-refractivity contribution is -0.127. The maximum absolute atomic E-state index is 11.6. The first-order valence-corrected chi connectivity index (χ1v) is 5.86. The second-order valence-electron chi connectivity index (χ2n) is 3.91. The van der Waals surface area contributed by atoms with Crippen LogP contribution in [0.1, 0.15) is 0 Å². The number of pyridine rings is 1. The Bertz CT molecular complexity index is 452. The van der Waals surface area contributed by atoms with Crippen LogP contribution in [0.4, 0.5) is 11.6 Å². The van der Waals surface area contributed by atoms with Crippen molar-refractivity contribution in [3.05, 3.63) is 16.1 Å². The number of nitrogens with zero attached hydrogens (tertiary/aromatic N) is 3. The van der Waals surface area contributed by atoms with Crippen LogP contribution in [0.3, 0.4) is 0 Å². The minimum Gasteiger partial charge on any atom is -0.349 e. The number of amides is 1. The number of aromatic nitrogens is 1. The molecule has 0 fully saturated rings. The first-order chi connectivity index (χ1) is 8.36. The normalized spacial score (nSPS) is 10.1. The van der Waals surface area contributed by atoms with Crippen LogP contribution < -0.4 is 16.2 Å². The largest absolute Gasteiger partial charge is 0.349 e. The minimum atomic E-state index is -0.0624. The summed E-state index contributed by atoms with van der Waals surface area (Å²) in [6.07, 6.45) is 0. The van der Waals surface area contributed by atoms with E-state index >= 15 is 0 Å². The van der Waals surface area contributed by atoms with Crippen LogP contribution >= 0.6 is 23.2 Å². The van der Waals surface area contributed by atoms with Gasteiger partial charge in [0.05, 0.1) is 16.6 Å². The van der Waals surface area contributed by atoms with Crippen molar-refractivity contribution in [2.75, 3.05) is 38.0 Å². The number of halogens is 2. The van der Waals surface area contributed by atoms with Crippen molar-refractivity contribution in [3.63, 3.8) is 0 Å². The van der Waals surface area contributed by atoms with Gasteiger partial charge < -0.3 is 15.2 Å². The van der Waals surface area contributed by atoms with Crippen molar-refractivity contribution >= 4 is 40.7 Å². The van der Waals surface area contributed by atoms with E-state index in [0.717, 1.165) is 0 Å². The third kappa shape index (κ3) is 3.38. The fourth-order valence-electron chi connectivity index (χ4n) is 1.24. The molecule has 0 saturated heterocycles. The molecule has 0 bridgehead atoms. The van der Waals surface area contributed by atoms with Crippen LogP contribution in [0.25, 0.3) is 0 Å². The molecule has 1 heterocycles. The molecule has 100 valence electrons. The zero-order chi connectivity index (χ0) is 13.9. The van der Waals surface area contributed by atoms with E-state index in [9.17, 15) is 4.79 Å². The predicted molar refractivity (Wildman–Crippen MR) is 74.0 cm³/mol. The highest BCUT2D eigenvalue weighted by Gasteiger charge is 2.15. The van der Waals surface area contributed by atoms with E-state index in [0.29, 0.717) is 21.7 Å².